The van der Waals surface area contributed by atoms with Crippen LogP contribution in [0.2, 0.25) is 0 Å². The SMILES string of the molecule is CC(C)(C)Cc1cnc(C#N)nc1. The number of nitrogens with zero attached hydrogens (tertiary/aromatic N) is 3. The van der Waals surface area contributed by atoms with E-state index >= 15 is 0 Å². The topological polar surface area (TPSA) is 49.6 Å². The van der Waals surface area contributed by atoms with Crippen molar-refractivity contribution in [3.63, 3.8) is 0 Å². The standard InChI is InChI=1S/C10H13N3/c1-10(2,3)4-8-6-12-9(5-11)13-7-8/h6-7H,4H2,1-3H3. The molecular weight excluding hydrogens is 162 g/mol. The molecule has 0 spiro atoms. The van der Waals surface area contributed by atoms with Gasteiger partial charge >= 0.3 is 0 Å². The van der Waals surface area contributed by atoms with E-state index in [-0.39, 0.29) is 11.2 Å². The van der Waals surface area contributed by atoms with Gasteiger partial charge in [-0.3, -0.25) is 0 Å². The molecule has 0 atom stereocenters. The lowest BCUT2D eigenvalue weighted by molar-refractivity contribution is 0.410. The monoisotopic (exact) mass is 175 g/mol. The minimum atomic E-state index is 0.234. The van der Waals surface area contributed by atoms with Crippen LogP contribution >= 0.6 is 0 Å². The highest BCUT2D eigenvalue weighted by atomic mass is 14.9. The van der Waals surface area contributed by atoms with E-state index in [4.69, 9.17) is 5.26 Å². The molecule has 0 unspecified atom stereocenters. The highest BCUT2D eigenvalue weighted by Gasteiger charge is 2.11. The molecule has 1 heterocycles. The molecule has 0 bridgehead atoms. The summed E-state index contributed by atoms with van der Waals surface area (Å²) in [7, 11) is 0. The van der Waals surface area contributed by atoms with Crippen molar-refractivity contribution in [2.75, 3.05) is 0 Å². The van der Waals surface area contributed by atoms with Gasteiger partial charge in [-0.1, -0.05) is 20.8 Å². The highest BCUT2D eigenvalue weighted by molar-refractivity contribution is 5.13. The Labute approximate surface area is 78.5 Å². The Hall–Kier alpha value is -1.43. The molecule has 68 valence electrons. The Morgan fingerprint density at radius 3 is 2.23 bits per heavy atom. The molecule has 0 amide bonds. The van der Waals surface area contributed by atoms with Crippen LogP contribution in [0.4, 0.5) is 0 Å². The predicted molar refractivity (Wildman–Crippen MR) is 49.9 cm³/mol. The van der Waals surface area contributed by atoms with E-state index in [0.29, 0.717) is 0 Å². The van der Waals surface area contributed by atoms with Crippen molar-refractivity contribution in [3.8, 4) is 6.07 Å². The van der Waals surface area contributed by atoms with Crippen molar-refractivity contribution in [2.45, 2.75) is 27.2 Å². The van der Waals surface area contributed by atoms with Gasteiger partial charge in [0.2, 0.25) is 5.82 Å². The minimum Gasteiger partial charge on any atom is -0.227 e. The Kier molecular flexibility index (Phi) is 2.62. The molecule has 3 heteroatoms. The molecular formula is C10H13N3. The molecule has 0 fully saturated rings. The summed E-state index contributed by atoms with van der Waals surface area (Å²) in [4.78, 5) is 7.82. The van der Waals surface area contributed by atoms with Crippen LogP contribution in [0, 0.1) is 16.7 Å². The minimum absolute atomic E-state index is 0.234. The Morgan fingerprint density at radius 1 is 1.31 bits per heavy atom. The fourth-order valence-corrected chi connectivity index (χ4v) is 1.12. The van der Waals surface area contributed by atoms with Crippen molar-refractivity contribution in [1.82, 2.24) is 9.97 Å². The third-order valence-corrected chi connectivity index (χ3v) is 1.54. The Bertz CT molecular complexity index is 314. The van der Waals surface area contributed by atoms with Crippen LogP contribution in [0.5, 0.6) is 0 Å². The molecule has 1 aromatic heterocycles. The summed E-state index contributed by atoms with van der Waals surface area (Å²) in [5, 5.41) is 8.49. The lowest BCUT2D eigenvalue weighted by Gasteiger charge is -2.17. The van der Waals surface area contributed by atoms with Gasteiger partial charge in [-0.2, -0.15) is 5.26 Å². The summed E-state index contributed by atoms with van der Waals surface area (Å²) < 4.78 is 0. The van der Waals surface area contributed by atoms with E-state index in [1.54, 1.807) is 12.4 Å². The van der Waals surface area contributed by atoms with Gasteiger partial charge < -0.3 is 0 Å². The maximum atomic E-state index is 8.49. The van der Waals surface area contributed by atoms with E-state index in [1.165, 1.54) is 0 Å². The molecule has 1 aromatic rings. The van der Waals surface area contributed by atoms with Crippen LogP contribution < -0.4 is 0 Å². The Balaban J connectivity index is 2.77. The van der Waals surface area contributed by atoms with Crippen molar-refractivity contribution < 1.29 is 0 Å². The second-order valence-electron chi connectivity index (χ2n) is 4.26. The zero-order valence-electron chi connectivity index (χ0n) is 8.20. The third kappa shape index (κ3) is 3.20. The molecule has 0 aliphatic carbocycles. The molecule has 0 aromatic carbocycles. The normalized spacial score (nSPS) is 10.9. The first-order valence-electron chi connectivity index (χ1n) is 4.22. The van der Waals surface area contributed by atoms with Crippen LogP contribution in [0.15, 0.2) is 12.4 Å². The molecule has 0 aliphatic heterocycles. The maximum Gasteiger partial charge on any atom is 0.232 e. The van der Waals surface area contributed by atoms with Crippen molar-refractivity contribution in [2.24, 2.45) is 5.41 Å². The number of nitriles is 1. The molecule has 3 nitrogen and oxygen atoms in total. The van der Waals surface area contributed by atoms with Crippen molar-refractivity contribution in [3.05, 3.63) is 23.8 Å². The molecule has 0 N–H and O–H groups in total. The van der Waals surface area contributed by atoms with Crippen LogP contribution in [-0.2, 0) is 6.42 Å². The second kappa shape index (κ2) is 3.53. The average Bonchev–Trinajstić information content (AvgIpc) is 2.03. The molecule has 0 radical (unpaired) electrons. The van der Waals surface area contributed by atoms with Gasteiger partial charge in [0.05, 0.1) is 0 Å². The summed E-state index contributed by atoms with van der Waals surface area (Å²) >= 11 is 0. The number of aromatic nitrogens is 2. The first-order valence-corrected chi connectivity index (χ1v) is 4.22. The Morgan fingerprint density at radius 2 is 1.85 bits per heavy atom. The molecule has 0 saturated heterocycles. The third-order valence-electron chi connectivity index (χ3n) is 1.54. The van der Waals surface area contributed by atoms with E-state index in [0.717, 1.165) is 12.0 Å². The van der Waals surface area contributed by atoms with Crippen LogP contribution in [0.3, 0.4) is 0 Å². The van der Waals surface area contributed by atoms with E-state index < -0.39 is 0 Å². The quantitative estimate of drug-likeness (QED) is 0.655. The van der Waals surface area contributed by atoms with E-state index in [2.05, 4.69) is 30.7 Å². The number of hydrogen-bond donors (Lipinski definition) is 0. The average molecular weight is 175 g/mol. The van der Waals surface area contributed by atoms with Gasteiger partial charge in [-0.15, -0.1) is 0 Å². The summed E-state index contributed by atoms with van der Waals surface area (Å²) in [5.74, 6) is 0.234. The highest BCUT2D eigenvalue weighted by Crippen LogP contribution is 2.19. The number of hydrogen-bond acceptors (Lipinski definition) is 3. The predicted octanol–water partition coefficient (Wildman–Crippen LogP) is 1.94. The lowest BCUT2D eigenvalue weighted by Crippen LogP contribution is -2.09. The van der Waals surface area contributed by atoms with Gasteiger partial charge in [-0.05, 0) is 17.4 Å². The summed E-state index contributed by atoms with van der Waals surface area (Å²) in [6.07, 6.45) is 4.37. The molecule has 13 heavy (non-hydrogen) atoms. The maximum absolute atomic E-state index is 8.49. The molecule has 1 rings (SSSR count). The van der Waals surface area contributed by atoms with E-state index in [9.17, 15) is 0 Å². The van der Waals surface area contributed by atoms with Crippen LogP contribution in [-0.4, -0.2) is 9.97 Å². The smallest absolute Gasteiger partial charge is 0.227 e. The van der Waals surface area contributed by atoms with Crippen molar-refractivity contribution >= 4 is 0 Å². The summed E-state index contributed by atoms with van der Waals surface area (Å²) in [6.45, 7) is 6.47. The summed E-state index contributed by atoms with van der Waals surface area (Å²) in [5.41, 5.74) is 1.31. The first kappa shape index (κ1) is 9.66. The lowest BCUT2D eigenvalue weighted by atomic mass is 9.89. The van der Waals surface area contributed by atoms with E-state index in [1.807, 2.05) is 6.07 Å². The van der Waals surface area contributed by atoms with Crippen LogP contribution in [0.25, 0.3) is 0 Å². The van der Waals surface area contributed by atoms with Gasteiger partial charge in [0.1, 0.15) is 6.07 Å². The molecule has 0 aliphatic rings. The van der Waals surface area contributed by atoms with Gasteiger partial charge in [0, 0.05) is 12.4 Å². The first-order chi connectivity index (χ1) is 6.01. The van der Waals surface area contributed by atoms with Gasteiger partial charge in [0.25, 0.3) is 0 Å². The second-order valence-corrected chi connectivity index (χ2v) is 4.26. The van der Waals surface area contributed by atoms with Gasteiger partial charge in [0.15, 0.2) is 0 Å². The molecule has 0 saturated carbocycles. The largest absolute Gasteiger partial charge is 0.232 e. The summed E-state index contributed by atoms with van der Waals surface area (Å²) in [6, 6.07) is 1.89. The zero-order chi connectivity index (χ0) is 9.90. The van der Waals surface area contributed by atoms with Gasteiger partial charge in [-0.25, -0.2) is 9.97 Å². The van der Waals surface area contributed by atoms with Crippen molar-refractivity contribution in [1.29, 1.82) is 5.26 Å². The zero-order valence-corrected chi connectivity index (χ0v) is 8.20. The fourth-order valence-electron chi connectivity index (χ4n) is 1.12. The fraction of sp³-hybridized carbons (Fsp3) is 0.500. The van der Waals surface area contributed by atoms with Crippen LogP contribution in [0.1, 0.15) is 32.2 Å². The number of rotatable bonds is 1.